The lowest BCUT2D eigenvalue weighted by Gasteiger charge is -2.20. The van der Waals surface area contributed by atoms with Crippen molar-refractivity contribution in [2.45, 2.75) is 50.2 Å². The molecule has 4 heterocycles. The molecule has 38 heavy (non-hydrogen) atoms. The molecule has 0 bridgehead atoms. The summed E-state index contributed by atoms with van der Waals surface area (Å²) in [6.07, 6.45) is 4.87. The molecule has 13 heteroatoms. The maximum absolute atomic E-state index is 13.7. The Bertz CT molecular complexity index is 1520. The molecule has 0 saturated heterocycles. The van der Waals surface area contributed by atoms with Crippen LogP contribution in [0.5, 0.6) is 11.5 Å². The first-order chi connectivity index (χ1) is 18.2. The van der Waals surface area contributed by atoms with E-state index in [2.05, 4.69) is 20.2 Å². The minimum Gasteiger partial charge on any atom is -0.494 e. The molecule has 200 valence electrons. The molecule has 0 spiro atoms. The van der Waals surface area contributed by atoms with Gasteiger partial charge in [0.15, 0.2) is 21.5 Å². The summed E-state index contributed by atoms with van der Waals surface area (Å²) in [4.78, 5) is 8.43. The molecule has 1 aliphatic heterocycles. The molecule has 0 unspecified atom stereocenters. The van der Waals surface area contributed by atoms with E-state index < -0.39 is 21.0 Å². The fraction of sp³-hybridized carbons (Fsp3) is 0.400. The molecular weight excluding hydrogens is 530 g/mol. The van der Waals surface area contributed by atoms with Crippen LogP contribution < -0.4 is 9.47 Å². The van der Waals surface area contributed by atoms with Gasteiger partial charge in [-0.2, -0.15) is 5.10 Å². The normalized spacial score (nSPS) is 14.8. The highest BCUT2D eigenvalue weighted by molar-refractivity contribution is 7.91. The van der Waals surface area contributed by atoms with Crippen molar-refractivity contribution in [1.29, 1.82) is 0 Å². The van der Waals surface area contributed by atoms with Crippen LogP contribution in [0, 0.1) is 0 Å². The summed E-state index contributed by atoms with van der Waals surface area (Å²) in [6, 6.07) is 7.31. The zero-order valence-corrected chi connectivity index (χ0v) is 23.1. The number of aromatic nitrogens is 7. The Hall–Kier alpha value is -3.51. The summed E-state index contributed by atoms with van der Waals surface area (Å²) >= 11 is 5.91. The molecule has 1 aromatic carbocycles. The van der Waals surface area contributed by atoms with Gasteiger partial charge in [-0.05, 0) is 38.0 Å². The summed E-state index contributed by atoms with van der Waals surface area (Å²) in [7, 11) is -0.667. The largest absolute Gasteiger partial charge is 0.494 e. The van der Waals surface area contributed by atoms with Gasteiger partial charge in [0.1, 0.15) is 34.5 Å². The number of fused-ring (bicyclic) bond motifs is 1. The maximum atomic E-state index is 13.7. The molecular formula is C25H28ClN7O4S. The second kappa shape index (κ2) is 10.3. The number of sulfone groups is 1. The fourth-order valence-corrected chi connectivity index (χ4v) is 6.27. The highest BCUT2D eigenvalue weighted by Crippen LogP contribution is 2.37. The number of nitrogens with zero attached hydrogens (tertiary/aromatic N) is 7. The Morgan fingerprint density at radius 3 is 2.39 bits per heavy atom. The predicted octanol–water partition coefficient (Wildman–Crippen LogP) is 3.64. The number of para-hydroxylation sites is 1. The van der Waals surface area contributed by atoms with Gasteiger partial charge in [-0.15, -0.1) is 10.2 Å². The molecule has 0 radical (unpaired) electrons. The molecule has 5 rings (SSSR count). The van der Waals surface area contributed by atoms with Gasteiger partial charge in [-0.1, -0.05) is 24.6 Å². The third kappa shape index (κ3) is 4.73. The van der Waals surface area contributed by atoms with Crippen molar-refractivity contribution < 1.29 is 17.9 Å². The SMILES string of the molecule is COc1cccc(OC)c1-n1c(CS(=O)(=O)[C@@H](C)[C@H](C)c2ncc(Cl)cn2)nnc1-c1cc2n(n1)CCC2. The highest BCUT2D eigenvalue weighted by Gasteiger charge is 2.33. The van der Waals surface area contributed by atoms with E-state index in [1.165, 1.54) is 12.4 Å². The topological polar surface area (TPSA) is 127 Å². The molecule has 4 aromatic rings. The van der Waals surface area contributed by atoms with Crippen LogP contribution in [0.15, 0.2) is 36.7 Å². The van der Waals surface area contributed by atoms with Crippen molar-refractivity contribution in [3.63, 3.8) is 0 Å². The first-order valence-electron chi connectivity index (χ1n) is 12.1. The molecule has 0 aliphatic carbocycles. The lowest BCUT2D eigenvalue weighted by molar-refractivity contribution is 0.390. The van der Waals surface area contributed by atoms with Crippen molar-refractivity contribution in [3.05, 3.63) is 59.0 Å². The number of benzene rings is 1. The van der Waals surface area contributed by atoms with Crippen LogP contribution in [0.25, 0.3) is 17.2 Å². The van der Waals surface area contributed by atoms with Gasteiger partial charge < -0.3 is 9.47 Å². The average Bonchev–Trinajstić information content (AvgIpc) is 3.62. The number of hydrogen-bond acceptors (Lipinski definition) is 9. The first-order valence-corrected chi connectivity index (χ1v) is 14.2. The van der Waals surface area contributed by atoms with Crippen molar-refractivity contribution in [1.82, 2.24) is 34.5 Å². The average molecular weight is 558 g/mol. The highest BCUT2D eigenvalue weighted by atomic mass is 35.5. The monoisotopic (exact) mass is 557 g/mol. The van der Waals surface area contributed by atoms with E-state index in [-0.39, 0.29) is 11.6 Å². The quantitative estimate of drug-likeness (QED) is 0.303. The second-order valence-electron chi connectivity index (χ2n) is 9.19. The van der Waals surface area contributed by atoms with Crippen LogP contribution >= 0.6 is 11.6 Å². The Balaban J connectivity index is 1.60. The summed E-state index contributed by atoms with van der Waals surface area (Å²) in [5, 5.41) is 13.0. The van der Waals surface area contributed by atoms with Crippen LogP contribution in [0.3, 0.4) is 0 Å². The summed E-state index contributed by atoms with van der Waals surface area (Å²) in [5.41, 5.74) is 2.19. The molecule has 11 nitrogen and oxygen atoms in total. The molecule has 0 N–H and O–H groups in total. The van der Waals surface area contributed by atoms with Gasteiger partial charge in [0, 0.05) is 30.6 Å². The van der Waals surface area contributed by atoms with Crippen LogP contribution in [0.2, 0.25) is 5.02 Å². The van der Waals surface area contributed by atoms with E-state index in [0.717, 1.165) is 25.1 Å². The Labute approximate surface area is 225 Å². The lowest BCUT2D eigenvalue weighted by atomic mass is 10.1. The van der Waals surface area contributed by atoms with E-state index in [1.54, 1.807) is 50.8 Å². The maximum Gasteiger partial charge on any atom is 0.189 e. The van der Waals surface area contributed by atoms with Crippen molar-refractivity contribution in [2.24, 2.45) is 0 Å². The van der Waals surface area contributed by atoms with Crippen molar-refractivity contribution in [3.8, 4) is 28.7 Å². The van der Waals surface area contributed by atoms with Crippen molar-refractivity contribution in [2.75, 3.05) is 14.2 Å². The first kappa shape index (κ1) is 26.1. The molecule has 3 aromatic heterocycles. The minimum absolute atomic E-state index is 0.215. The van der Waals surface area contributed by atoms with Gasteiger partial charge in [-0.25, -0.2) is 18.4 Å². The third-order valence-corrected chi connectivity index (χ3v) is 9.30. The van der Waals surface area contributed by atoms with E-state index in [9.17, 15) is 8.42 Å². The van der Waals surface area contributed by atoms with Crippen LogP contribution in [-0.4, -0.2) is 62.4 Å². The van der Waals surface area contributed by atoms with Crippen LogP contribution in [0.4, 0.5) is 0 Å². The minimum atomic E-state index is -3.75. The molecule has 2 atom stereocenters. The Morgan fingerprint density at radius 1 is 1.08 bits per heavy atom. The fourth-order valence-electron chi connectivity index (χ4n) is 4.62. The summed E-state index contributed by atoms with van der Waals surface area (Å²) < 4.78 is 42.3. The molecule has 0 amide bonds. The zero-order valence-electron chi connectivity index (χ0n) is 21.5. The smallest absolute Gasteiger partial charge is 0.189 e. The van der Waals surface area contributed by atoms with E-state index in [4.69, 9.17) is 26.2 Å². The third-order valence-electron chi connectivity index (χ3n) is 6.90. The second-order valence-corrected chi connectivity index (χ2v) is 12.0. The number of halogens is 1. The number of aryl methyl sites for hydroxylation is 2. The van der Waals surface area contributed by atoms with E-state index in [1.807, 2.05) is 10.7 Å². The van der Waals surface area contributed by atoms with E-state index in [0.29, 0.717) is 39.6 Å². The van der Waals surface area contributed by atoms with Gasteiger partial charge in [0.2, 0.25) is 0 Å². The standard InChI is InChI=1S/C25H28ClN7O4S/c1-15(24-27-12-17(26)13-28-24)16(2)38(34,35)14-22-29-30-25(19-11-18-7-6-10-32(18)31-19)33(22)23-20(36-3)8-5-9-21(23)37-4/h5,8-9,11-13,15-16H,6-7,10,14H2,1-4H3/t15-,16-/m0/s1. The van der Waals surface area contributed by atoms with Gasteiger partial charge in [-0.3, -0.25) is 9.25 Å². The number of rotatable bonds is 9. The van der Waals surface area contributed by atoms with Gasteiger partial charge in [0.25, 0.3) is 0 Å². The summed E-state index contributed by atoms with van der Waals surface area (Å²) in [5.74, 6) is 1.11. The molecule has 1 aliphatic rings. The number of ether oxygens (including phenoxy) is 2. The number of hydrogen-bond donors (Lipinski definition) is 0. The van der Waals surface area contributed by atoms with E-state index >= 15 is 0 Å². The lowest BCUT2D eigenvalue weighted by Crippen LogP contribution is -2.27. The van der Waals surface area contributed by atoms with Gasteiger partial charge >= 0.3 is 0 Å². The zero-order chi connectivity index (χ0) is 27.0. The number of methoxy groups -OCH3 is 2. The Kier molecular flexibility index (Phi) is 7.10. The molecule has 0 fully saturated rings. The van der Waals surface area contributed by atoms with Crippen LogP contribution in [0.1, 0.15) is 43.5 Å². The van der Waals surface area contributed by atoms with Crippen LogP contribution in [-0.2, 0) is 28.6 Å². The predicted molar refractivity (Wildman–Crippen MR) is 142 cm³/mol. The molecule has 0 saturated carbocycles. The summed E-state index contributed by atoms with van der Waals surface area (Å²) in [6.45, 7) is 4.24. The van der Waals surface area contributed by atoms with Gasteiger partial charge in [0.05, 0.1) is 24.5 Å². The van der Waals surface area contributed by atoms with Crippen molar-refractivity contribution >= 4 is 21.4 Å². The Morgan fingerprint density at radius 2 is 1.76 bits per heavy atom.